The Kier molecular flexibility index (Phi) is 4.39. The summed E-state index contributed by atoms with van der Waals surface area (Å²) in [6, 6.07) is 5.89. The summed E-state index contributed by atoms with van der Waals surface area (Å²) >= 11 is 0. The van der Waals surface area contributed by atoms with Gasteiger partial charge in [0.1, 0.15) is 11.6 Å². The minimum atomic E-state index is -0.545. The molecule has 0 N–H and O–H groups in total. The molecule has 0 aliphatic carbocycles. The molecule has 86 valence electrons. The highest BCUT2D eigenvalue weighted by Crippen LogP contribution is 2.14. The van der Waals surface area contributed by atoms with Gasteiger partial charge < -0.3 is 4.90 Å². The van der Waals surface area contributed by atoms with Crippen LogP contribution < -0.4 is 0 Å². The molecule has 0 saturated heterocycles. The fourth-order valence-electron chi connectivity index (χ4n) is 1.53. The van der Waals surface area contributed by atoms with Crippen LogP contribution in [0.25, 0.3) is 0 Å². The normalized spacial score (nSPS) is 12.5. The van der Waals surface area contributed by atoms with Crippen molar-refractivity contribution in [2.45, 2.75) is 13.5 Å². The van der Waals surface area contributed by atoms with E-state index in [4.69, 9.17) is 5.26 Å². The Balaban J connectivity index is 2.70. The van der Waals surface area contributed by atoms with Crippen LogP contribution >= 0.6 is 0 Å². The fourth-order valence-corrected chi connectivity index (χ4v) is 1.53. The van der Waals surface area contributed by atoms with E-state index in [1.807, 2.05) is 0 Å². The van der Waals surface area contributed by atoms with Crippen molar-refractivity contribution in [1.82, 2.24) is 4.90 Å². The highest BCUT2D eigenvalue weighted by molar-refractivity contribution is 5.19. The minimum absolute atomic E-state index is 0.0511. The number of halogens is 2. The summed E-state index contributed by atoms with van der Waals surface area (Å²) in [5.74, 6) is -1.24. The number of rotatable bonds is 4. The second-order valence-electron chi connectivity index (χ2n) is 3.93. The van der Waals surface area contributed by atoms with Crippen molar-refractivity contribution in [2.75, 3.05) is 13.6 Å². The van der Waals surface area contributed by atoms with Gasteiger partial charge in [0.25, 0.3) is 0 Å². The van der Waals surface area contributed by atoms with E-state index in [1.54, 1.807) is 18.9 Å². The van der Waals surface area contributed by atoms with E-state index in [9.17, 15) is 8.78 Å². The van der Waals surface area contributed by atoms with Gasteiger partial charge in [-0.25, -0.2) is 8.78 Å². The van der Waals surface area contributed by atoms with Gasteiger partial charge in [0.2, 0.25) is 0 Å². The molecule has 0 heterocycles. The summed E-state index contributed by atoms with van der Waals surface area (Å²) in [5.41, 5.74) is 0.0511. The number of hydrogen-bond donors (Lipinski definition) is 0. The van der Waals surface area contributed by atoms with E-state index in [-0.39, 0.29) is 18.0 Å². The average Bonchev–Trinajstić information content (AvgIpc) is 2.23. The SMILES string of the molecule is CC(C#N)CN(C)Cc1c(F)cccc1F. The number of nitrogens with zero attached hydrogens (tertiary/aromatic N) is 2. The van der Waals surface area contributed by atoms with Crippen molar-refractivity contribution < 1.29 is 8.78 Å². The van der Waals surface area contributed by atoms with Crippen LogP contribution in [-0.4, -0.2) is 18.5 Å². The second kappa shape index (κ2) is 5.57. The van der Waals surface area contributed by atoms with Gasteiger partial charge >= 0.3 is 0 Å². The summed E-state index contributed by atoms with van der Waals surface area (Å²) in [5, 5.41) is 8.63. The average molecular weight is 224 g/mol. The van der Waals surface area contributed by atoms with Gasteiger partial charge in [-0.05, 0) is 26.1 Å². The highest BCUT2D eigenvalue weighted by Gasteiger charge is 2.12. The molecule has 1 rings (SSSR count). The van der Waals surface area contributed by atoms with Crippen molar-refractivity contribution in [3.05, 3.63) is 35.4 Å². The van der Waals surface area contributed by atoms with E-state index in [0.29, 0.717) is 6.54 Å². The van der Waals surface area contributed by atoms with Crippen LogP contribution in [0.15, 0.2) is 18.2 Å². The standard InChI is InChI=1S/C12H14F2N2/c1-9(6-15)7-16(2)8-10-11(13)4-3-5-12(10)14/h3-5,9H,7-8H2,1-2H3. The zero-order valence-electron chi connectivity index (χ0n) is 9.37. The van der Waals surface area contributed by atoms with Crippen molar-refractivity contribution in [2.24, 2.45) is 5.92 Å². The van der Waals surface area contributed by atoms with Crippen LogP contribution in [0.2, 0.25) is 0 Å². The van der Waals surface area contributed by atoms with E-state index in [1.165, 1.54) is 18.2 Å². The Morgan fingerprint density at radius 1 is 1.38 bits per heavy atom. The summed E-state index contributed by atoms with van der Waals surface area (Å²) in [4.78, 5) is 1.73. The summed E-state index contributed by atoms with van der Waals surface area (Å²) in [6.45, 7) is 2.43. The van der Waals surface area contributed by atoms with Gasteiger partial charge in [-0.15, -0.1) is 0 Å². The molecule has 4 heteroatoms. The third kappa shape index (κ3) is 3.28. The van der Waals surface area contributed by atoms with Gasteiger partial charge in [0.05, 0.1) is 12.0 Å². The molecule has 1 aromatic carbocycles. The maximum absolute atomic E-state index is 13.3. The molecular formula is C12H14F2N2. The lowest BCUT2D eigenvalue weighted by Gasteiger charge is -2.18. The first-order valence-electron chi connectivity index (χ1n) is 5.05. The second-order valence-corrected chi connectivity index (χ2v) is 3.93. The van der Waals surface area contributed by atoms with Crippen LogP contribution in [0.4, 0.5) is 8.78 Å². The van der Waals surface area contributed by atoms with Gasteiger partial charge in [-0.1, -0.05) is 6.07 Å². The van der Waals surface area contributed by atoms with E-state index >= 15 is 0 Å². The number of nitriles is 1. The molecule has 0 spiro atoms. The first-order chi connectivity index (χ1) is 7.54. The summed E-state index contributed by atoms with van der Waals surface area (Å²) < 4.78 is 26.6. The van der Waals surface area contributed by atoms with E-state index in [0.717, 1.165) is 0 Å². The van der Waals surface area contributed by atoms with Crippen molar-refractivity contribution in [1.29, 1.82) is 5.26 Å². The van der Waals surface area contributed by atoms with Gasteiger partial charge in [-0.2, -0.15) is 5.26 Å². The van der Waals surface area contributed by atoms with Gasteiger partial charge in [-0.3, -0.25) is 0 Å². The van der Waals surface area contributed by atoms with Gasteiger partial charge in [0, 0.05) is 18.7 Å². The lowest BCUT2D eigenvalue weighted by molar-refractivity contribution is 0.293. The Bertz CT molecular complexity index is 378. The molecule has 0 aromatic heterocycles. The zero-order valence-corrected chi connectivity index (χ0v) is 9.37. The molecule has 0 fully saturated rings. The predicted octanol–water partition coefficient (Wildman–Crippen LogP) is 2.56. The van der Waals surface area contributed by atoms with Crippen LogP contribution in [0.3, 0.4) is 0 Å². The fraction of sp³-hybridized carbons (Fsp3) is 0.417. The van der Waals surface area contributed by atoms with Crippen LogP contribution in [0.5, 0.6) is 0 Å². The highest BCUT2D eigenvalue weighted by atomic mass is 19.1. The maximum Gasteiger partial charge on any atom is 0.130 e. The molecule has 16 heavy (non-hydrogen) atoms. The Labute approximate surface area is 94.1 Å². The van der Waals surface area contributed by atoms with Crippen molar-refractivity contribution >= 4 is 0 Å². The zero-order chi connectivity index (χ0) is 12.1. The number of hydrogen-bond acceptors (Lipinski definition) is 2. The molecular weight excluding hydrogens is 210 g/mol. The number of benzene rings is 1. The molecule has 1 atom stereocenters. The Morgan fingerprint density at radius 2 is 1.94 bits per heavy atom. The topological polar surface area (TPSA) is 27.0 Å². The molecule has 0 saturated carbocycles. The van der Waals surface area contributed by atoms with Crippen molar-refractivity contribution in [3.63, 3.8) is 0 Å². The van der Waals surface area contributed by atoms with Gasteiger partial charge in [0.15, 0.2) is 0 Å². The third-order valence-electron chi connectivity index (χ3n) is 2.30. The first-order valence-corrected chi connectivity index (χ1v) is 5.05. The molecule has 0 bridgehead atoms. The Hall–Kier alpha value is -1.47. The lowest BCUT2D eigenvalue weighted by Crippen LogP contribution is -2.24. The lowest BCUT2D eigenvalue weighted by atomic mass is 10.1. The molecule has 1 aromatic rings. The van der Waals surface area contributed by atoms with Crippen LogP contribution in [0, 0.1) is 28.9 Å². The van der Waals surface area contributed by atoms with Crippen LogP contribution in [-0.2, 0) is 6.54 Å². The molecule has 0 radical (unpaired) electrons. The summed E-state index contributed by atoms with van der Waals surface area (Å²) in [7, 11) is 1.74. The first kappa shape index (κ1) is 12.6. The molecule has 0 aliphatic heterocycles. The van der Waals surface area contributed by atoms with E-state index in [2.05, 4.69) is 6.07 Å². The Morgan fingerprint density at radius 3 is 2.44 bits per heavy atom. The van der Waals surface area contributed by atoms with Crippen molar-refractivity contribution in [3.8, 4) is 6.07 Å². The third-order valence-corrected chi connectivity index (χ3v) is 2.30. The minimum Gasteiger partial charge on any atom is -0.301 e. The predicted molar refractivity (Wildman–Crippen MR) is 57.5 cm³/mol. The largest absolute Gasteiger partial charge is 0.301 e. The smallest absolute Gasteiger partial charge is 0.130 e. The maximum atomic E-state index is 13.3. The van der Waals surface area contributed by atoms with Crippen LogP contribution in [0.1, 0.15) is 12.5 Å². The molecule has 2 nitrogen and oxygen atoms in total. The monoisotopic (exact) mass is 224 g/mol. The summed E-state index contributed by atoms with van der Waals surface area (Å²) in [6.07, 6.45) is 0. The quantitative estimate of drug-likeness (QED) is 0.785. The van der Waals surface area contributed by atoms with E-state index < -0.39 is 11.6 Å². The molecule has 1 unspecified atom stereocenters. The molecule has 0 aliphatic rings. The molecule has 0 amide bonds.